The maximum absolute atomic E-state index is 14.0. The highest BCUT2D eigenvalue weighted by molar-refractivity contribution is 5.87. The molecule has 16 nitrogen and oxygen atoms in total. The molecule has 0 aromatic rings. The Morgan fingerprint density at radius 1 is 1.00 bits per heavy atom. The number of methoxy groups -OCH3 is 2. The van der Waals surface area contributed by atoms with Crippen molar-refractivity contribution in [3.05, 3.63) is 59.4 Å². The molecule has 0 bridgehead atoms. The van der Waals surface area contributed by atoms with E-state index in [-0.39, 0.29) is 42.8 Å². The zero-order valence-electron chi connectivity index (χ0n) is 42.1. The molecule has 0 aromatic carbocycles. The molecule has 0 unspecified atom stereocenters. The van der Waals surface area contributed by atoms with Gasteiger partial charge < -0.3 is 58.7 Å². The molecule has 0 aromatic heterocycles. The Morgan fingerprint density at radius 3 is 2.30 bits per heavy atom. The highest BCUT2D eigenvalue weighted by atomic mass is 16.7. The first-order chi connectivity index (χ1) is 31.5. The van der Waals surface area contributed by atoms with Crippen molar-refractivity contribution in [3.8, 4) is 0 Å². The molecule has 0 aliphatic carbocycles. The minimum Gasteiger partial charge on any atom is -0.490 e. The molecule has 0 radical (unpaired) electrons. The third kappa shape index (κ3) is 14.8. The lowest BCUT2D eigenvalue weighted by Crippen LogP contribution is -2.59. The van der Waals surface area contributed by atoms with Crippen molar-refractivity contribution >= 4 is 11.9 Å². The number of hydrogen-bond acceptors (Lipinski definition) is 16. The summed E-state index contributed by atoms with van der Waals surface area (Å²) in [7, 11) is 2.82. The van der Waals surface area contributed by atoms with Gasteiger partial charge in [0.15, 0.2) is 17.7 Å². The maximum atomic E-state index is 14.0. The molecule has 0 saturated carbocycles. The van der Waals surface area contributed by atoms with E-state index < -0.39 is 108 Å². The monoisotopic (exact) mass is 947 g/mol. The van der Waals surface area contributed by atoms with E-state index in [4.69, 9.17) is 33.2 Å². The minimum atomic E-state index is -1.98. The number of ether oxygens (including phenoxy) is 7. The number of aliphatic hydroxyl groups is 5. The van der Waals surface area contributed by atoms with Gasteiger partial charge in [-0.25, -0.2) is 4.79 Å². The number of hydrogen-bond donors (Lipinski definition) is 5. The van der Waals surface area contributed by atoms with Crippen LogP contribution in [0.25, 0.3) is 0 Å². The quantitative estimate of drug-likeness (QED) is 0.0843. The van der Waals surface area contributed by atoms with E-state index in [1.54, 1.807) is 45.9 Å². The second-order valence-electron chi connectivity index (χ2n) is 19.8. The standard InChI is InChI=1S/C51H82N2O14/c1-14-17-37-32(7)41(65-43-26-39(47(58)36(11)63-43)64-42(54)20-22-50(21-15-2)52-53-50)27-51(60,67-37)35(10)46(57)34(9)48-38(61-12)19-16-18-28(3)23-30(5)44(55)33(8)45(56)31(6)24-29(4)25-40(62-13)49(59)66-48/h14,16-19,24-25,30-39,41,43-48,55-58,60H,15,20-23,26-27H2,1-13H3/b17-14+,19-16+,28-18+,29-24+,40-25-/t30-,31-,32-,33+,34+,35+,36+,37-,38+,39+,41-,43-,44+,45-,46-,47+,48-,51-/m1/s1. The molecular weight excluding hydrogens is 865 g/mol. The Morgan fingerprint density at radius 2 is 1.69 bits per heavy atom. The van der Waals surface area contributed by atoms with Gasteiger partial charge in [-0.1, -0.05) is 102 Å². The van der Waals surface area contributed by atoms with Crippen molar-refractivity contribution in [2.24, 2.45) is 45.7 Å². The van der Waals surface area contributed by atoms with Gasteiger partial charge in [-0.05, 0) is 52.5 Å². The van der Waals surface area contributed by atoms with Gasteiger partial charge in [0.1, 0.15) is 24.4 Å². The molecule has 2 saturated heterocycles. The van der Waals surface area contributed by atoms with Crippen LogP contribution in [0.5, 0.6) is 0 Å². The number of carbonyl (C=O) groups is 2. The first kappa shape index (κ1) is 56.3. The van der Waals surface area contributed by atoms with Crippen molar-refractivity contribution in [1.82, 2.24) is 0 Å². The Labute approximate surface area is 398 Å². The van der Waals surface area contributed by atoms with E-state index in [2.05, 4.69) is 10.2 Å². The van der Waals surface area contributed by atoms with Crippen LogP contribution in [0.4, 0.5) is 0 Å². The molecule has 4 aliphatic heterocycles. The van der Waals surface area contributed by atoms with Crippen molar-refractivity contribution < 1.29 is 68.3 Å². The van der Waals surface area contributed by atoms with Crippen LogP contribution in [-0.4, -0.2) is 130 Å². The van der Waals surface area contributed by atoms with E-state index in [0.717, 1.165) is 18.4 Å². The summed E-state index contributed by atoms with van der Waals surface area (Å²) in [5, 5.41) is 66.5. The highest BCUT2D eigenvalue weighted by Gasteiger charge is 2.53. The molecule has 0 spiro atoms. The van der Waals surface area contributed by atoms with E-state index in [0.29, 0.717) is 18.4 Å². The number of allylic oxidation sites excluding steroid dienone is 6. The van der Waals surface area contributed by atoms with Crippen LogP contribution in [0, 0.1) is 35.5 Å². The van der Waals surface area contributed by atoms with Gasteiger partial charge in [-0.15, -0.1) is 0 Å². The average Bonchev–Trinajstić information content (AvgIpc) is 4.06. The predicted octanol–water partition coefficient (Wildman–Crippen LogP) is 6.78. The van der Waals surface area contributed by atoms with E-state index in [9.17, 15) is 35.1 Å². The fourth-order valence-corrected chi connectivity index (χ4v) is 9.77. The fraction of sp³-hybridized carbons (Fsp3) is 0.765. The van der Waals surface area contributed by atoms with E-state index in [1.165, 1.54) is 20.3 Å². The number of esters is 2. The molecule has 380 valence electrons. The second-order valence-corrected chi connectivity index (χ2v) is 19.8. The molecular formula is C51H82N2O14. The summed E-state index contributed by atoms with van der Waals surface area (Å²) in [6.45, 7) is 20.2. The molecule has 4 heterocycles. The van der Waals surface area contributed by atoms with Gasteiger partial charge in [0.2, 0.25) is 5.76 Å². The van der Waals surface area contributed by atoms with Gasteiger partial charge in [0, 0.05) is 62.4 Å². The Kier molecular flexibility index (Phi) is 21.0. The van der Waals surface area contributed by atoms with Crippen molar-refractivity contribution in [2.45, 2.75) is 200 Å². The predicted molar refractivity (Wildman–Crippen MR) is 251 cm³/mol. The van der Waals surface area contributed by atoms with Gasteiger partial charge >= 0.3 is 11.9 Å². The zero-order valence-corrected chi connectivity index (χ0v) is 42.1. The Bertz CT molecular complexity index is 1810. The zero-order chi connectivity index (χ0) is 50.0. The van der Waals surface area contributed by atoms with Gasteiger partial charge in [-0.2, -0.15) is 10.2 Å². The molecule has 2 fully saturated rings. The normalized spacial score (nSPS) is 40.9. The van der Waals surface area contributed by atoms with Crippen LogP contribution in [0.3, 0.4) is 0 Å². The van der Waals surface area contributed by atoms with Crippen LogP contribution >= 0.6 is 0 Å². The molecule has 16 heteroatoms. The van der Waals surface area contributed by atoms with Crippen LogP contribution in [0.1, 0.15) is 121 Å². The Balaban J connectivity index is 1.60. The van der Waals surface area contributed by atoms with Crippen LogP contribution in [0.2, 0.25) is 0 Å². The summed E-state index contributed by atoms with van der Waals surface area (Å²) in [6, 6.07) is 0. The number of carbonyl (C=O) groups excluding carboxylic acids is 2. The fourth-order valence-electron chi connectivity index (χ4n) is 9.77. The summed E-state index contributed by atoms with van der Waals surface area (Å²) < 4.78 is 42.6. The lowest BCUT2D eigenvalue weighted by Gasteiger charge is -2.50. The first-order valence-corrected chi connectivity index (χ1v) is 24.3. The van der Waals surface area contributed by atoms with E-state index >= 15 is 0 Å². The van der Waals surface area contributed by atoms with Gasteiger partial charge in [0.05, 0.1) is 43.7 Å². The second kappa shape index (κ2) is 25.0. The maximum Gasteiger partial charge on any atom is 0.373 e. The number of rotatable bonds is 15. The molecule has 4 rings (SSSR count). The van der Waals surface area contributed by atoms with Crippen LogP contribution < -0.4 is 0 Å². The SMILES string of the molecule is C/C=C/[C@H]1O[C@@](O)([C@@H](C)[C@H](O)[C@H](C)[C@H]2OC(=O)/C(OC)=C/C(C)=C/[C@@H](C)[C@@H](O)[C@@H](C)[C@@H](O)[C@H](C)C/C(C)=C/C=C/[C@@H]2OC)C[C@@H](O[C@@H]2C[C@H](OC(=O)CCC3(CCC)N=N3)[C@@H](O)[C@H](C)O2)[C@@H]1C. The van der Waals surface area contributed by atoms with Gasteiger partial charge in [0.25, 0.3) is 0 Å². The average molecular weight is 947 g/mol. The number of aliphatic hydroxyl groups excluding tert-OH is 4. The lowest BCUT2D eigenvalue weighted by atomic mass is 9.77. The van der Waals surface area contributed by atoms with E-state index in [1.807, 2.05) is 66.7 Å². The molecule has 0 amide bonds. The van der Waals surface area contributed by atoms with Crippen LogP contribution in [-0.2, 0) is 42.7 Å². The summed E-state index contributed by atoms with van der Waals surface area (Å²) in [4.78, 5) is 27.0. The summed E-state index contributed by atoms with van der Waals surface area (Å²) in [6.07, 6.45) is 4.98. The largest absolute Gasteiger partial charge is 0.490 e. The highest BCUT2D eigenvalue weighted by Crippen LogP contribution is 2.43. The lowest BCUT2D eigenvalue weighted by molar-refractivity contribution is -0.339. The summed E-state index contributed by atoms with van der Waals surface area (Å²) in [5.41, 5.74) is 1.06. The smallest absolute Gasteiger partial charge is 0.373 e. The molecule has 67 heavy (non-hydrogen) atoms. The molecule has 18 atom stereocenters. The van der Waals surface area contributed by atoms with Gasteiger partial charge in [-0.3, -0.25) is 4.79 Å². The number of cyclic esters (lactones) is 1. The third-order valence-electron chi connectivity index (χ3n) is 14.3. The third-order valence-corrected chi connectivity index (χ3v) is 14.3. The number of nitrogens with zero attached hydrogens (tertiary/aromatic N) is 2. The van der Waals surface area contributed by atoms with Crippen molar-refractivity contribution in [3.63, 3.8) is 0 Å². The minimum absolute atomic E-state index is 0.0418. The summed E-state index contributed by atoms with van der Waals surface area (Å²) >= 11 is 0. The molecule has 4 aliphatic rings. The van der Waals surface area contributed by atoms with Crippen LogP contribution in [0.15, 0.2) is 69.7 Å². The summed E-state index contributed by atoms with van der Waals surface area (Å²) in [5.74, 6) is -6.57. The Hall–Kier alpha value is -3.32. The van der Waals surface area contributed by atoms with Crippen molar-refractivity contribution in [1.29, 1.82) is 0 Å². The topological polar surface area (TPSA) is 225 Å². The van der Waals surface area contributed by atoms with Crippen molar-refractivity contribution in [2.75, 3.05) is 14.2 Å². The molecule has 5 N–H and O–H groups in total. The first-order valence-electron chi connectivity index (χ1n) is 24.3.